The molecule has 6 nitrogen and oxygen atoms in total. The summed E-state index contributed by atoms with van der Waals surface area (Å²) < 4.78 is 23.1. The molecular weight excluding hydrogens is 292 g/mol. The van der Waals surface area contributed by atoms with E-state index in [0.717, 1.165) is 0 Å². The molecule has 0 aromatic carbocycles. The van der Waals surface area contributed by atoms with E-state index in [-0.39, 0.29) is 29.2 Å². The molecule has 2 saturated heterocycles. The Morgan fingerprint density at radius 3 is 2.38 bits per heavy atom. The van der Waals surface area contributed by atoms with Crippen LogP contribution in [0.4, 0.5) is 0 Å². The van der Waals surface area contributed by atoms with Crippen LogP contribution in [0.1, 0.15) is 39.5 Å². The first-order valence-electron chi connectivity index (χ1n) is 7.55. The number of hydrogen-bond donors (Lipinski definition) is 1. The molecule has 2 rings (SSSR count). The quantitative estimate of drug-likeness (QED) is 0.813. The monoisotopic (exact) mass is 316 g/mol. The van der Waals surface area contributed by atoms with Crippen molar-refractivity contribution in [3.05, 3.63) is 0 Å². The second kappa shape index (κ2) is 5.94. The average molecular weight is 316 g/mol. The Labute approximate surface area is 126 Å². The van der Waals surface area contributed by atoms with Gasteiger partial charge < -0.3 is 10.2 Å². The van der Waals surface area contributed by atoms with Crippen molar-refractivity contribution in [2.24, 2.45) is 5.92 Å². The van der Waals surface area contributed by atoms with Crippen molar-refractivity contribution in [1.29, 1.82) is 0 Å². The van der Waals surface area contributed by atoms with E-state index < -0.39 is 15.4 Å². The Morgan fingerprint density at radius 1 is 1.29 bits per heavy atom. The molecule has 2 fully saturated rings. The fourth-order valence-corrected chi connectivity index (χ4v) is 5.22. The third-order valence-electron chi connectivity index (χ3n) is 4.45. The highest BCUT2D eigenvalue weighted by atomic mass is 32.2. The van der Waals surface area contributed by atoms with E-state index in [0.29, 0.717) is 38.8 Å². The minimum atomic E-state index is -3.02. The van der Waals surface area contributed by atoms with Gasteiger partial charge in [0.15, 0.2) is 9.84 Å². The first kappa shape index (κ1) is 16.3. The second-order valence-corrected chi connectivity index (χ2v) is 8.58. The van der Waals surface area contributed by atoms with Gasteiger partial charge in [0, 0.05) is 25.4 Å². The molecule has 1 unspecified atom stereocenters. The maximum Gasteiger partial charge on any atom is 0.223 e. The van der Waals surface area contributed by atoms with E-state index in [2.05, 4.69) is 5.32 Å². The van der Waals surface area contributed by atoms with Crippen molar-refractivity contribution >= 4 is 21.7 Å². The first-order chi connectivity index (χ1) is 9.75. The highest BCUT2D eigenvalue weighted by Crippen LogP contribution is 2.25. The van der Waals surface area contributed by atoms with Crippen molar-refractivity contribution in [2.75, 3.05) is 24.6 Å². The van der Waals surface area contributed by atoms with E-state index in [1.165, 1.54) is 0 Å². The topological polar surface area (TPSA) is 83.6 Å². The van der Waals surface area contributed by atoms with Crippen LogP contribution in [0.15, 0.2) is 0 Å². The van der Waals surface area contributed by atoms with Gasteiger partial charge in [0.05, 0.1) is 17.0 Å². The SMILES string of the molecule is CCC(=O)N1CCC(C(=O)NC2(C)CCS(=O)(=O)C2)CC1. The molecule has 0 saturated carbocycles. The Hall–Kier alpha value is -1.11. The summed E-state index contributed by atoms with van der Waals surface area (Å²) in [5.41, 5.74) is -0.633. The molecule has 120 valence electrons. The number of nitrogens with one attached hydrogen (secondary N) is 1. The van der Waals surface area contributed by atoms with E-state index >= 15 is 0 Å². The second-order valence-electron chi connectivity index (χ2n) is 6.40. The number of carbonyl (C=O) groups excluding carboxylic acids is 2. The van der Waals surface area contributed by atoms with Crippen LogP contribution in [0.3, 0.4) is 0 Å². The zero-order valence-corrected chi connectivity index (χ0v) is 13.5. The van der Waals surface area contributed by atoms with Crippen LogP contribution in [-0.4, -0.2) is 55.3 Å². The minimum Gasteiger partial charge on any atom is -0.350 e. The average Bonchev–Trinajstić information content (AvgIpc) is 2.71. The molecule has 0 radical (unpaired) electrons. The molecular formula is C14H24N2O4S. The van der Waals surface area contributed by atoms with Gasteiger partial charge in [0.1, 0.15) is 0 Å². The van der Waals surface area contributed by atoms with Crippen LogP contribution in [0.25, 0.3) is 0 Å². The third kappa shape index (κ3) is 3.96. The van der Waals surface area contributed by atoms with Crippen LogP contribution in [0.2, 0.25) is 0 Å². The smallest absolute Gasteiger partial charge is 0.223 e. The molecule has 21 heavy (non-hydrogen) atoms. The standard InChI is InChI=1S/C14H24N2O4S/c1-3-12(17)16-7-4-11(5-8-16)13(18)15-14(2)6-9-21(19,20)10-14/h11H,3-10H2,1-2H3,(H,15,18). The highest BCUT2D eigenvalue weighted by Gasteiger charge is 2.40. The number of hydrogen-bond acceptors (Lipinski definition) is 4. The normalized spacial score (nSPS) is 29.3. The van der Waals surface area contributed by atoms with E-state index in [1.54, 1.807) is 11.8 Å². The maximum atomic E-state index is 12.3. The Kier molecular flexibility index (Phi) is 4.60. The van der Waals surface area contributed by atoms with Gasteiger partial charge in [0.25, 0.3) is 0 Å². The lowest BCUT2D eigenvalue weighted by Gasteiger charge is -2.33. The molecule has 0 aliphatic carbocycles. The van der Waals surface area contributed by atoms with Crippen LogP contribution >= 0.6 is 0 Å². The fraction of sp³-hybridized carbons (Fsp3) is 0.857. The van der Waals surface area contributed by atoms with Gasteiger partial charge in [-0.1, -0.05) is 6.92 Å². The molecule has 7 heteroatoms. The molecule has 2 aliphatic heterocycles. The number of likely N-dealkylation sites (tertiary alicyclic amines) is 1. The van der Waals surface area contributed by atoms with Crippen LogP contribution < -0.4 is 5.32 Å². The molecule has 2 aliphatic rings. The summed E-state index contributed by atoms with van der Waals surface area (Å²) in [5, 5.41) is 2.92. The van der Waals surface area contributed by atoms with Crippen LogP contribution in [-0.2, 0) is 19.4 Å². The summed E-state index contributed by atoms with van der Waals surface area (Å²) in [6.45, 7) is 4.85. The first-order valence-corrected chi connectivity index (χ1v) is 9.37. The van der Waals surface area contributed by atoms with Gasteiger partial charge >= 0.3 is 0 Å². The predicted molar refractivity (Wildman–Crippen MR) is 79.4 cm³/mol. The van der Waals surface area contributed by atoms with E-state index in [9.17, 15) is 18.0 Å². The summed E-state index contributed by atoms with van der Waals surface area (Å²) in [4.78, 5) is 25.7. The summed E-state index contributed by atoms with van der Waals surface area (Å²) in [6.07, 6.45) is 2.28. The van der Waals surface area contributed by atoms with Crippen molar-refractivity contribution in [3.63, 3.8) is 0 Å². The lowest BCUT2D eigenvalue weighted by Crippen LogP contribution is -2.51. The lowest BCUT2D eigenvalue weighted by molar-refractivity contribution is -0.135. The van der Waals surface area contributed by atoms with E-state index in [4.69, 9.17) is 0 Å². The number of piperidine rings is 1. The van der Waals surface area contributed by atoms with Crippen LogP contribution in [0.5, 0.6) is 0 Å². The molecule has 1 atom stereocenters. The number of amides is 2. The van der Waals surface area contributed by atoms with Gasteiger partial charge in [-0.3, -0.25) is 9.59 Å². The molecule has 0 spiro atoms. The lowest BCUT2D eigenvalue weighted by atomic mass is 9.93. The molecule has 0 aromatic rings. The summed E-state index contributed by atoms with van der Waals surface area (Å²) in [6, 6.07) is 0. The zero-order chi connectivity index (χ0) is 15.7. The molecule has 1 N–H and O–H groups in total. The molecule has 2 heterocycles. The largest absolute Gasteiger partial charge is 0.350 e. The van der Waals surface area contributed by atoms with Gasteiger partial charge in [0.2, 0.25) is 11.8 Å². The fourth-order valence-electron chi connectivity index (χ4n) is 3.12. The van der Waals surface area contributed by atoms with Crippen molar-refractivity contribution in [1.82, 2.24) is 10.2 Å². The van der Waals surface area contributed by atoms with Gasteiger partial charge in [-0.15, -0.1) is 0 Å². The van der Waals surface area contributed by atoms with Crippen molar-refractivity contribution < 1.29 is 18.0 Å². The molecule has 0 bridgehead atoms. The number of carbonyl (C=O) groups is 2. The molecule has 0 aromatic heterocycles. The Morgan fingerprint density at radius 2 is 1.90 bits per heavy atom. The van der Waals surface area contributed by atoms with Crippen LogP contribution in [0, 0.1) is 5.92 Å². The highest BCUT2D eigenvalue weighted by molar-refractivity contribution is 7.91. The number of nitrogens with zero attached hydrogens (tertiary/aromatic N) is 1. The van der Waals surface area contributed by atoms with Gasteiger partial charge in [-0.05, 0) is 26.2 Å². The van der Waals surface area contributed by atoms with Gasteiger partial charge in [-0.25, -0.2) is 8.42 Å². The van der Waals surface area contributed by atoms with E-state index in [1.807, 2.05) is 6.92 Å². The summed E-state index contributed by atoms with van der Waals surface area (Å²) in [7, 11) is -3.02. The maximum absolute atomic E-state index is 12.3. The number of rotatable bonds is 3. The van der Waals surface area contributed by atoms with Gasteiger partial charge in [-0.2, -0.15) is 0 Å². The zero-order valence-electron chi connectivity index (χ0n) is 12.7. The predicted octanol–water partition coefficient (Wildman–Crippen LogP) is 0.328. The molecule has 2 amide bonds. The summed E-state index contributed by atoms with van der Waals surface area (Å²) >= 11 is 0. The summed E-state index contributed by atoms with van der Waals surface area (Å²) in [5.74, 6) is 0.110. The Bertz CT molecular complexity index is 523. The third-order valence-corrected chi connectivity index (χ3v) is 6.35. The van der Waals surface area contributed by atoms with Crippen molar-refractivity contribution in [2.45, 2.75) is 45.1 Å². The van der Waals surface area contributed by atoms with Crippen molar-refractivity contribution in [3.8, 4) is 0 Å². The number of sulfone groups is 1. The minimum absolute atomic E-state index is 0.0267. The Balaban J connectivity index is 1.87.